The van der Waals surface area contributed by atoms with Crippen LogP contribution in [-0.4, -0.2) is 9.55 Å². The summed E-state index contributed by atoms with van der Waals surface area (Å²) in [4.78, 5) is 5.18. The summed E-state index contributed by atoms with van der Waals surface area (Å²) in [6.07, 6.45) is 0. The minimum Gasteiger partial charge on any atom is -0.292 e. The van der Waals surface area contributed by atoms with Gasteiger partial charge >= 0.3 is 0 Å². The maximum absolute atomic E-state index is 5.18. The molecule has 1 aromatic heterocycles. The Balaban J connectivity index is 1.88. The number of benzene rings is 4. The number of rotatable bonds is 4. The van der Waals surface area contributed by atoms with E-state index in [2.05, 4.69) is 118 Å². The first-order valence-electron chi connectivity index (χ1n) is 9.86. The van der Waals surface area contributed by atoms with Crippen LogP contribution in [0.1, 0.15) is 0 Å². The zero-order valence-electron chi connectivity index (χ0n) is 16.2. The summed E-state index contributed by atoms with van der Waals surface area (Å²) in [6, 6.07) is 39.6. The lowest BCUT2D eigenvalue weighted by atomic mass is 10.0. The van der Waals surface area contributed by atoms with E-state index in [0.29, 0.717) is 0 Å². The third-order valence-corrected chi connectivity index (χ3v) is 5.62. The average molecular weight is 451 g/mol. The molecular weight excluding hydrogens is 432 g/mol. The molecule has 0 unspecified atom stereocenters. The molecule has 0 aliphatic rings. The molecule has 0 N–H and O–H groups in total. The molecule has 144 valence electrons. The van der Waals surface area contributed by atoms with Gasteiger partial charge in [0.2, 0.25) is 0 Å². The van der Waals surface area contributed by atoms with Crippen LogP contribution in [0, 0.1) is 0 Å². The van der Waals surface area contributed by atoms with Gasteiger partial charge in [0.15, 0.2) is 0 Å². The SMILES string of the molecule is Brc1ccc(-n2c(-c3ccccc3)nc(-c3ccccc3)c2-c2ccccc2)cc1. The highest BCUT2D eigenvalue weighted by Gasteiger charge is 2.22. The van der Waals surface area contributed by atoms with Crippen molar-refractivity contribution in [1.29, 1.82) is 0 Å². The topological polar surface area (TPSA) is 17.8 Å². The Morgan fingerprint density at radius 2 is 1.03 bits per heavy atom. The van der Waals surface area contributed by atoms with E-state index >= 15 is 0 Å². The smallest absolute Gasteiger partial charge is 0.145 e. The van der Waals surface area contributed by atoms with Gasteiger partial charge in [0.1, 0.15) is 5.82 Å². The predicted octanol–water partition coefficient (Wildman–Crippen LogP) is 7.64. The molecule has 0 aliphatic heterocycles. The van der Waals surface area contributed by atoms with Gasteiger partial charge in [-0.05, 0) is 24.3 Å². The van der Waals surface area contributed by atoms with E-state index in [0.717, 1.165) is 44.1 Å². The van der Waals surface area contributed by atoms with Crippen LogP contribution in [-0.2, 0) is 0 Å². The minimum absolute atomic E-state index is 0.927. The van der Waals surface area contributed by atoms with Gasteiger partial charge in [-0.1, -0.05) is 107 Å². The quantitative estimate of drug-likeness (QED) is 0.275. The normalized spacial score (nSPS) is 10.8. The van der Waals surface area contributed by atoms with Crippen molar-refractivity contribution in [2.45, 2.75) is 0 Å². The van der Waals surface area contributed by atoms with Crippen LogP contribution in [0.25, 0.3) is 39.6 Å². The lowest BCUT2D eigenvalue weighted by molar-refractivity contribution is 1.07. The number of aromatic nitrogens is 2. The molecule has 0 fully saturated rings. The fourth-order valence-electron chi connectivity index (χ4n) is 3.70. The molecule has 1 heterocycles. The number of nitrogens with zero attached hydrogens (tertiary/aromatic N) is 2. The summed E-state index contributed by atoms with van der Waals surface area (Å²) >= 11 is 3.56. The Labute approximate surface area is 184 Å². The van der Waals surface area contributed by atoms with Crippen molar-refractivity contribution in [3.63, 3.8) is 0 Å². The van der Waals surface area contributed by atoms with E-state index in [1.807, 2.05) is 18.2 Å². The highest BCUT2D eigenvalue weighted by molar-refractivity contribution is 9.10. The molecule has 4 aromatic carbocycles. The van der Waals surface area contributed by atoms with Gasteiger partial charge in [-0.15, -0.1) is 0 Å². The summed E-state index contributed by atoms with van der Waals surface area (Å²) in [5.41, 5.74) is 6.45. The van der Waals surface area contributed by atoms with Gasteiger partial charge in [0.05, 0.1) is 11.4 Å². The van der Waals surface area contributed by atoms with E-state index in [1.54, 1.807) is 0 Å². The van der Waals surface area contributed by atoms with Crippen molar-refractivity contribution in [1.82, 2.24) is 9.55 Å². The Morgan fingerprint density at radius 1 is 0.533 bits per heavy atom. The third kappa shape index (κ3) is 3.49. The molecule has 2 nitrogen and oxygen atoms in total. The van der Waals surface area contributed by atoms with Crippen molar-refractivity contribution < 1.29 is 0 Å². The van der Waals surface area contributed by atoms with E-state index in [9.17, 15) is 0 Å². The van der Waals surface area contributed by atoms with Crippen molar-refractivity contribution in [3.8, 4) is 39.6 Å². The second-order valence-electron chi connectivity index (χ2n) is 7.04. The zero-order chi connectivity index (χ0) is 20.3. The van der Waals surface area contributed by atoms with Crippen molar-refractivity contribution >= 4 is 15.9 Å². The third-order valence-electron chi connectivity index (χ3n) is 5.09. The molecule has 0 saturated heterocycles. The van der Waals surface area contributed by atoms with Crippen molar-refractivity contribution in [3.05, 3.63) is 120 Å². The van der Waals surface area contributed by atoms with Crippen LogP contribution < -0.4 is 0 Å². The summed E-state index contributed by atoms with van der Waals surface area (Å²) in [7, 11) is 0. The van der Waals surface area contributed by atoms with Crippen molar-refractivity contribution in [2.24, 2.45) is 0 Å². The van der Waals surface area contributed by atoms with Gasteiger partial charge in [-0.3, -0.25) is 4.57 Å². The van der Waals surface area contributed by atoms with Gasteiger partial charge < -0.3 is 0 Å². The maximum atomic E-state index is 5.18. The molecule has 0 amide bonds. The van der Waals surface area contributed by atoms with E-state index in [4.69, 9.17) is 4.98 Å². The summed E-state index contributed by atoms with van der Waals surface area (Å²) in [6.45, 7) is 0. The molecule has 0 bridgehead atoms. The van der Waals surface area contributed by atoms with Crippen LogP contribution in [0.5, 0.6) is 0 Å². The number of hydrogen-bond donors (Lipinski definition) is 0. The Kier molecular flexibility index (Phi) is 5.04. The predicted molar refractivity (Wildman–Crippen MR) is 128 cm³/mol. The van der Waals surface area contributed by atoms with Crippen LogP contribution in [0.15, 0.2) is 120 Å². The molecule has 5 rings (SSSR count). The summed E-state index contributed by atoms with van der Waals surface area (Å²) in [5, 5.41) is 0. The van der Waals surface area contributed by atoms with Crippen molar-refractivity contribution in [2.75, 3.05) is 0 Å². The molecule has 3 heteroatoms. The van der Waals surface area contributed by atoms with Gasteiger partial charge in [0.25, 0.3) is 0 Å². The molecular formula is C27H19BrN2. The largest absolute Gasteiger partial charge is 0.292 e. The molecule has 0 saturated carbocycles. The van der Waals surface area contributed by atoms with Crippen LogP contribution >= 0.6 is 15.9 Å². The molecule has 0 radical (unpaired) electrons. The van der Waals surface area contributed by atoms with Gasteiger partial charge in [-0.25, -0.2) is 4.98 Å². The Bertz CT molecular complexity index is 1260. The second kappa shape index (κ2) is 8.13. The highest BCUT2D eigenvalue weighted by atomic mass is 79.9. The number of hydrogen-bond acceptors (Lipinski definition) is 1. The molecule has 0 spiro atoms. The van der Waals surface area contributed by atoms with Crippen LogP contribution in [0.4, 0.5) is 0 Å². The molecule has 30 heavy (non-hydrogen) atoms. The van der Waals surface area contributed by atoms with Crippen LogP contribution in [0.3, 0.4) is 0 Å². The summed E-state index contributed by atoms with van der Waals surface area (Å²) in [5.74, 6) is 0.927. The fourth-order valence-corrected chi connectivity index (χ4v) is 3.97. The second-order valence-corrected chi connectivity index (χ2v) is 7.96. The molecule has 5 aromatic rings. The molecule has 0 atom stereocenters. The first kappa shape index (κ1) is 18.6. The average Bonchev–Trinajstić information content (AvgIpc) is 3.22. The number of halogens is 1. The van der Waals surface area contributed by atoms with Gasteiger partial charge in [-0.2, -0.15) is 0 Å². The minimum atomic E-state index is 0.927. The van der Waals surface area contributed by atoms with E-state index < -0.39 is 0 Å². The molecule has 0 aliphatic carbocycles. The fraction of sp³-hybridized carbons (Fsp3) is 0. The van der Waals surface area contributed by atoms with Crippen LogP contribution in [0.2, 0.25) is 0 Å². The summed E-state index contributed by atoms with van der Waals surface area (Å²) < 4.78 is 3.32. The zero-order valence-corrected chi connectivity index (χ0v) is 17.8. The maximum Gasteiger partial charge on any atom is 0.145 e. The Hall–Kier alpha value is -3.43. The van der Waals surface area contributed by atoms with E-state index in [1.165, 1.54) is 0 Å². The first-order chi connectivity index (χ1) is 14.8. The van der Waals surface area contributed by atoms with E-state index in [-0.39, 0.29) is 0 Å². The lowest BCUT2D eigenvalue weighted by Gasteiger charge is -2.14. The standard InChI is InChI=1S/C27H19BrN2/c28-23-16-18-24(19-17-23)30-26(21-12-6-2-7-13-21)25(20-10-4-1-5-11-20)29-27(30)22-14-8-3-9-15-22/h1-19H. The number of imidazole rings is 1. The Morgan fingerprint density at radius 3 is 1.60 bits per heavy atom. The monoisotopic (exact) mass is 450 g/mol. The first-order valence-corrected chi connectivity index (χ1v) is 10.7. The highest BCUT2D eigenvalue weighted by Crippen LogP contribution is 2.38. The van der Waals surface area contributed by atoms with Gasteiger partial charge in [0, 0.05) is 26.9 Å². The lowest BCUT2D eigenvalue weighted by Crippen LogP contribution is -2.00.